The average molecular weight is 318 g/mol. The number of hydrogen-bond acceptors (Lipinski definition) is 6. The van der Waals surface area contributed by atoms with Crippen molar-refractivity contribution in [2.75, 3.05) is 26.5 Å². The van der Waals surface area contributed by atoms with Gasteiger partial charge in [-0.2, -0.15) is 0 Å². The lowest BCUT2D eigenvalue weighted by atomic mass is 10.2. The van der Waals surface area contributed by atoms with E-state index < -0.39 is 16.1 Å². The Balaban J connectivity index is 2.94. The number of ether oxygens (including phenoxy) is 2. The van der Waals surface area contributed by atoms with Gasteiger partial charge in [0.2, 0.25) is 10.0 Å². The van der Waals surface area contributed by atoms with Crippen LogP contribution in [0.5, 0.6) is 11.5 Å². The van der Waals surface area contributed by atoms with Crippen LogP contribution in [0.3, 0.4) is 0 Å². The van der Waals surface area contributed by atoms with Gasteiger partial charge in [0.15, 0.2) is 0 Å². The maximum absolute atomic E-state index is 12.3. The lowest BCUT2D eigenvalue weighted by Crippen LogP contribution is -2.26. The largest absolute Gasteiger partial charge is 0.495 e. The fourth-order valence-electron chi connectivity index (χ4n) is 1.79. The Bertz CT molecular complexity index is 572. The maximum Gasteiger partial charge on any atom is 0.244 e. The van der Waals surface area contributed by atoms with Crippen LogP contribution in [-0.4, -0.2) is 40.4 Å². The first-order chi connectivity index (χ1) is 9.81. The molecule has 0 spiro atoms. The Labute approximate surface area is 125 Å². The molecule has 1 aromatic rings. The zero-order chi connectivity index (χ0) is 16.0. The van der Waals surface area contributed by atoms with Crippen molar-refractivity contribution in [1.82, 2.24) is 4.72 Å². The second kappa shape index (κ2) is 7.48. The third-order valence-electron chi connectivity index (χ3n) is 2.90. The first-order valence-corrected chi connectivity index (χ1v) is 7.99. The Morgan fingerprint density at radius 2 is 1.90 bits per heavy atom. The number of sulfonamides is 1. The van der Waals surface area contributed by atoms with Crippen LogP contribution in [0.1, 0.15) is 19.8 Å². The highest BCUT2D eigenvalue weighted by atomic mass is 32.2. The van der Waals surface area contributed by atoms with Crippen LogP contribution in [0.25, 0.3) is 0 Å². The van der Waals surface area contributed by atoms with Crippen LogP contribution in [0, 0.1) is 0 Å². The molecule has 0 amide bonds. The summed E-state index contributed by atoms with van der Waals surface area (Å²) in [6.07, 6.45) is 0.593. The van der Waals surface area contributed by atoms with Gasteiger partial charge in [0.25, 0.3) is 0 Å². The van der Waals surface area contributed by atoms with Gasteiger partial charge in [0, 0.05) is 12.6 Å². The van der Waals surface area contributed by atoms with Crippen molar-refractivity contribution in [1.29, 1.82) is 0 Å². The van der Waals surface area contributed by atoms with Gasteiger partial charge < -0.3 is 20.3 Å². The quantitative estimate of drug-likeness (QED) is 0.481. The number of nitrogens with two attached hydrogens (primary N) is 1. The van der Waals surface area contributed by atoms with E-state index in [-0.39, 0.29) is 22.9 Å². The van der Waals surface area contributed by atoms with Crippen LogP contribution >= 0.6 is 0 Å². The first kappa shape index (κ1) is 17.5. The van der Waals surface area contributed by atoms with E-state index in [0.717, 1.165) is 0 Å². The van der Waals surface area contributed by atoms with Gasteiger partial charge in [-0.1, -0.05) is 0 Å². The fraction of sp³-hybridized carbons (Fsp3) is 0.538. The highest BCUT2D eigenvalue weighted by molar-refractivity contribution is 7.89. The Morgan fingerprint density at radius 1 is 1.29 bits per heavy atom. The van der Waals surface area contributed by atoms with Gasteiger partial charge in [-0.05, 0) is 25.8 Å². The standard InChI is InChI=1S/C13H22N2O5S/c1-9(16)5-4-6-15-21(17,18)13-7-10(14)11(19-2)8-12(13)20-3/h7-9,15-16H,4-6,14H2,1-3H3. The molecule has 0 aromatic heterocycles. The molecule has 7 nitrogen and oxygen atoms in total. The number of nitrogens with one attached hydrogen (secondary N) is 1. The molecule has 1 rings (SSSR count). The van der Waals surface area contributed by atoms with E-state index in [1.807, 2.05) is 0 Å². The highest BCUT2D eigenvalue weighted by Gasteiger charge is 2.21. The van der Waals surface area contributed by atoms with Crippen molar-refractivity contribution < 1.29 is 23.0 Å². The lowest BCUT2D eigenvalue weighted by molar-refractivity contribution is 0.182. The van der Waals surface area contributed by atoms with E-state index >= 15 is 0 Å². The second-order valence-corrected chi connectivity index (χ2v) is 6.37. The van der Waals surface area contributed by atoms with Crippen molar-refractivity contribution >= 4 is 15.7 Å². The zero-order valence-corrected chi connectivity index (χ0v) is 13.2. The number of aliphatic hydroxyl groups excluding tert-OH is 1. The van der Waals surface area contributed by atoms with E-state index in [2.05, 4.69) is 4.72 Å². The minimum Gasteiger partial charge on any atom is -0.495 e. The van der Waals surface area contributed by atoms with Gasteiger partial charge in [-0.3, -0.25) is 0 Å². The molecule has 0 aliphatic heterocycles. The number of methoxy groups -OCH3 is 2. The molecule has 0 radical (unpaired) electrons. The number of aliphatic hydroxyl groups is 1. The summed E-state index contributed by atoms with van der Waals surface area (Å²) in [4.78, 5) is -0.0413. The summed E-state index contributed by atoms with van der Waals surface area (Å²) in [5.41, 5.74) is 5.95. The van der Waals surface area contributed by atoms with Crippen molar-refractivity contribution in [3.05, 3.63) is 12.1 Å². The van der Waals surface area contributed by atoms with Gasteiger partial charge in [-0.25, -0.2) is 13.1 Å². The lowest BCUT2D eigenvalue weighted by Gasteiger charge is -2.14. The van der Waals surface area contributed by atoms with E-state index in [1.54, 1.807) is 6.92 Å². The molecule has 0 heterocycles. The number of anilines is 1. The van der Waals surface area contributed by atoms with Crippen molar-refractivity contribution in [2.24, 2.45) is 0 Å². The molecule has 120 valence electrons. The highest BCUT2D eigenvalue weighted by Crippen LogP contribution is 2.33. The molecule has 1 atom stereocenters. The number of rotatable bonds is 8. The molecule has 4 N–H and O–H groups in total. The molecule has 0 aliphatic rings. The predicted octanol–water partition coefficient (Wildman–Crippen LogP) is 0.725. The van der Waals surface area contributed by atoms with Crippen LogP contribution in [0.2, 0.25) is 0 Å². The van der Waals surface area contributed by atoms with Crippen LogP contribution in [-0.2, 0) is 10.0 Å². The third kappa shape index (κ3) is 4.76. The Hall–Kier alpha value is -1.51. The van der Waals surface area contributed by atoms with Gasteiger partial charge in [0.05, 0.1) is 26.0 Å². The normalized spacial score (nSPS) is 13.0. The summed E-state index contributed by atoms with van der Waals surface area (Å²) < 4.78 is 37.1. The SMILES string of the molecule is COc1cc(OC)c(S(=O)(=O)NCCCC(C)O)cc1N. The summed E-state index contributed by atoms with van der Waals surface area (Å²) in [6, 6.07) is 2.73. The summed E-state index contributed by atoms with van der Waals surface area (Å²) in [7, 11) is -0.930. The molecule has 0 fully saturated rings. The summed E-state index contributed by atoms with van der Waals surface area (Å²) in [5, 5.41) is 9.15. The van der Waals surface area contributed by atoms with Gasteiger partial charge >= 0.3 is 0 Å². The minimum atomic E-state index is -3.74. The Morgan fingerprint density at radius 3 is 2.43 bits per heavy atom. The molecule has 1 aromatic carbocycles. The number of hydrogen-bond donors (Lipinski definition) is 3. The third-order valence-corrected chi connectivity index (χ3v) is 4.38. The predicted molar refractivity (Wildman–Crippen MR) is 80.1 cm³/mol. The summed E-state index contributed by atoms with van der Waals surface area (Å²) in [5.74, 6) is 0.504. The smallest absolute Gasteiger partial charge is 0.244 e. The second-order valence-electron chi connectivity index (χ2n) is 4.63. The molecule has 0 saturated heterocycles. The van der Waals surface area contributed by atoms with Crippen molar-refractivity contribution in [2.45, 2.75) is 30.8 Å². The first-order valence-electron chi connectivity index (χ1n) is 6.51. The maximum atomic E-state index is 12.3. The minimum absolute atomic E-state index is 0.0413. The van der Waals surface area contributed by atoms with Crippen LogP contribution in [0.15, 0.2) is 17.0 Å². The van der Waals surface area contributed by atoms with E-state index in [9.17, 15) is 8.42 Å². The zero-order valence-electron chi connectivity index (χ0n) is 12.4. The van der Waals surface area contributed by atoms with Crippen molar-refractivity contribution in [3.63, 3.8) is 0 Å². The van der Waals surface area contributed by atoms with E-state index in [1.165, 1.54) is 26.4 Å². The summed E-state index contributed by atoms with van der Waals surface area (Å²) >= 11 is 0. The average Bonchev–Trinajstić information content (AvgIpc) is 2.43. The topological polar surface area (TPSA) is 111 Å². The summed E-state index contributed by atoms with van der Waals surface area (Å²) in [6.45, 7) is 1.88. The number of nitrogen functional groups attached to an aromatic ring is 1. The van der Waals surface area contributed by atoms with Crippen LogP contribution in [0.4, 0.5) is 5.69 Å². The molecule has 0 saturated carbocycles. The fourth-order valence-corrected chi connectivity index (χ4v) is 3.04. The molecule has 0 aliphatic carbocycles. The van der Waals surface area contributed by atoms with Crippen molar-refractivity contribution in [3.8, 4) is 11.5 Å². The molecular weight excluding hydrogens is 296 g/mol. The molecule has 0 bridgehead atoms. The molecule has 21 heavy (non-hydrogen) atoms. The molecule has 8 heteroatoms. The number of benzene rings is 1. The van der Waals surface area contributed by atoms with Crippen LogP contribution < -0.4 is 19.9 Å². The Kier molecular flexibility index (Phi) is 6.25. The monoisotopic (exact) mass is 318 g/mol. The van der Waals surface area contributed by atoms with Gasteiger partial charge in [-0.15, -0.1) is 0 Å². The molecular formula is C13H22N2O5S. The molecule has 1 unspecified atom stereocenters. The van der Waals surface area contributed by atoms with E-state index in [4.69, 9.17) is 20.3 Å². The van der Waals surface area contributed by atoms with E-state index in [0.29, 0.717) is 18.6 Å². The van der Waals surface area contributed by atoms with Gasteiger partial charge in [0.1, 0.15) is 16.4 Å².